The second-order valence-electron chi connectivity index (χ2n) is 5.69. The first-order valence-corrected chi connectivity index (χ1v) is 9.29. The second-order valence-corrected chi connectivity index (χ2v) is 6.98. The average molecular weight is 370 g/mol. The topological polar surface area (TPSA) is 61.0 Å². The van der Waals surface area contributed by atoms with Crippen molar-refractivity contribution in [3.8, 4) is 17.0 Å². The van der Waals surface area contributed by atoms with Crippen molar-refractivity contribution in [1.82, 2.24) is 9.97 Å². The molecule has 0 bridgehead atoms. The number of benzene rings is 2. The maximum absolute atomic E-state index is 6.23. The van der Waals surface area contributed by atoms with Crippen LogP contribution in [-0.4, -0.2) is 23.0 Å². The Balaban J connectivity index is 1.94. The number of aryl methyl sites for hydroxylation is 1. The van der Waals surface area contributed by atoms with Crippen LogP contribution in [0.2, 0.25) is 0 Å². The van der Waals surface area contributed by atoms with Crippen LogP contribution in [0.25, 0.3) is 32.4 Å². The molecule has 0 unspecified atom stereocenters. The summed E-state index contributed by atoms with van der Waals surface area (Å²) in [4.78, 5) is 9.36. The van der Waals surface area contributed by atoms with E-state index in [2.05, 4.69) is 22.5 Å². The van der Waals surface area contributed by atoms with Gasteiger partial charge in [-0.3, -0.25) is 0 Å². The van der Waals surface area contributed by atoms with Crippen molar-refractivity contribution in [2.24, 2.45) is 0 Å². The number of methoxy groups -OCH3 is 1. The minimum atomic E-state index is 0.420. The van der Waals surface area contributed by atoms with Gasteiger partial charge in [0.2, 0.25) is 0 Å². The van der Waals surface area contributed by atoms with Crippen molar-refractivity contribution >= 4 is 49.9 Å². The molecule has 2 N–H and O–H groups in total. The lowest BCUT2D eigenvalue weighted by atomic mass is 10.1. The van der Waals surface area contributed by atoms with Gasteiger partial charge in [0.05, 0.1) is 18.1 Å². The van der Waals surface area contributed by atoms with Crippen LogP contribution in [0.15, 0.2) is 41.8 Å². The standard InChI is InChI=1S/C19H16ClN3OS/c1-24-16-9-15-14(8-11(16)6-7-20)22-18(19(21)23-15)13-10-25-17-5-3-2-4-12(13)17/h2-5,8-10H,6-7H2,1H3,(H2,21,23). The van der Waals surface area contributed by atoms with E-state index in [1.807, 2.05) is 24.3 Å². The number of alkyl halides is 1. The van der Waals surface area contributed by atoms with Crippen molar-refractivity contribution < 1.29 is 4.74 Å². The molecule has 2 heterocycles. The van der Waals surface area contributed by atoms with Crippen molar-refractivity contribution in [1.29, 1.82) is 0 Å². The average Bonchev–Trinajstić information content (AvgIpc) is 3.05. The molecule has 0 fully saturated rings. The quantitative estimate of drug-likeness (QED) is 0.520. The molecular weight excluding hydrogens is 354 g/mol. The largest absolute Gasteiger partial charge is 0.496 e. The maximum Gasteiger partial charge on any atom is 0.150 e. The Hall–Kier alpha value is -2.37. The highest BCUT2D eigenvalue weighted by molar-refractivity contribution is 7.17. The molecule has 0 aliphatic heterocycles. The van der Waals surface area contributed by atoms with Gasteiger partial charge in [0.1, 0.15) is 11.4 Å². The fourth-order valence-electron chi connectivity index (χ4n) is 2.99. The Labute approximate surface area is 154 Å². The zero-order valence-electron chi connectivity index (χ0n) is 13.6. The van der Waals surface area contributed by atoms with Crippen LogP contribution >= 0.6 is 22.9 Å². The lowest BCUT2D eigenvalue weighted by Gasteiger charge is -2.11. The van der Waals surface area contributed by atoms with Gasteiger partial charge in [-0.2, -0.15) is 0 Å². The van der Waals surface area contributed by atoms with Gasteiger partial charge in [-0.05, 0) is 24.1 Å². The monoisotopic (exact) mass is 369 g/mol. The van der Waals surface area contributed by atoms with E-state index in [4.69, 9.17) is 27.1 Å². The van der Waals surface area contributed by atoms with Gasteiger partial charge in [-0.25, -0.2) is 9.97 Å². The van der Waals surface area contributed by atoms with E-state index in [1.165, 1.54) is 4.70 Å². The second kappa shape index (κ2) is 6.50. The number of hydrogen-bond donors (Lipinski definition) is 1. The first-order chi connectivity index (χ1) is 12.2. The van der Waals surface area contributed by atoms with Crippen LogP contribution in [-0.2, 0) is 6.42 Å². The highest BCUT2D eigenvalue weighted by Crippen LogP contribution is 2.36. The van der Waals surface area contributed by atoms with Gasteiger partial charge in [0.15, 0.2) is 5.82 Å². The Kier molecular flexibility index (Phi) is 4.19. The third-order valence-corrected chi connectivity index (χ3v) is 5.35. The van der Waals surface area contributed by atoms with Crippen LogP contribution in [0.4, 0.5) is 5.82 Å². The lowest BCUT2D eigenvalue weighted by molar-refractivity contribution is 0.411. The first-order valence-electron chi connectivity index (χ1n) is 7.88. The number of fused-ring (bicyclic) bond motifs is 2. The number of anilines is 1. The molecular formula is C19H16ClN3OS. The molecule has 4 nitrogen and oxygen atoms in total. The van der Waals surface area contributed by atoms with Crippen LogP contribution in [0.5, 0.6) is 5.75 Å². The summed E-state index contributed by atoms with van der Waals surface area (Å²) in [6, 6.07) is 12.1. The highest BCUT2D eigenvalue weighted by atomic mass is 35.5. The molecule has 25 heavy (non-hydrogen) atoms. The number of thiophene rings is 1. The number of ether oxygens (including phenoxy) is 1. The molecule has 126 valence electrons. The zero-order valence-corrected chi connectivity index (χ0v) is 15.2. The van der Waals surface area contributed by atoms with Gasteiger partial charge >= 0.3 is 0 Å². The van der Waals surface area contributed by atoms with E-state index in [-0.39, 0.29) is 0 Å². The fourth-order valence-corrected chi connectivity index (χ4v) is 4.14. The number of hydrogen-bond acceptors (Lipinski definition) is 5. The molecule has 2 aromatic carbocycles. The zero-order chi connectivity index (χ0) is 17.4. The third-order valence-electron chi connectivity index (χ3n) is 4.19. The number of nitrogens with zero attached hydrogens (tertiary/aromatic N) is 2. The fraction of sp³-hybridized carbons (Fsp3) is 0.158. The number of nitrogen functional groups attached to an aromatic ring is 1. The Morgan fingerprint density at radius 1 is 1.16 bits per heavy atom. The van der Waals surface area contributed by atoms with E-state index < -0.39 is 0 Å². The van der Waals surface area contributed by atoms with Gasteiger partial charge in [-0.1, -0.05) is 18.2 Å². The van der Waals surface area contributed by atoms with E-state index >= 15 is 0 Å². The molecule has 2 aromatic heterocycles. The summed E-state index contributed by atoms with van der Waals surface area (Å²) in [5.74, 6) is 1.70. The Bertz CT molecular complexity index is 1080. The van der Waals surface area contributed by atoms with Crippen LogP contribution in [0.3, 0.4) is 0 Å². The predicted octanol–water partition coefficient (Wildman–Crippen LogP) is 4.88. The summed E-state index contributed by atoms with van der Waals surface area (Å²) in [5.41, 5.74) is 10.5. The van der Waals surface area contributed by atoms with Gasteiger partial charge in [0, 0.05) is 33.0 Å². The molecule has 0 radical (unpaired) electrons. The van der Waals surface area contributed by atoms with Crippen LogP contribution in [0.1, 0.15) is 5.56 Å². The summed E-state index contributed by atoms with van der Waals surface area (Å²) in [6.07, 6.45) is 0.712. The molecule has 4 rings (SSSR count). The molecule has 0 atom stereocenters. The summed E-state index contributed by atoms with van der Waals surface area (Å²) in [6.45, 7) is 0. The van der Waals surface area contributed by atoms with Gasteiger partial charge in [-0.15, -0.1) is 22.9 Å². The maximum atomic E-state index is 6.23. The molecule has 0 saturated carbocycles. The Morgan fingerprint density at radius 3 is 2.76 bits per heavy atom. The summed E-state index contributed by atoms with van der Waals surface area (Å²) in [5, 5.41) is 3.22. The normalized spacial score (nSPS) is 11.3. The van der Waals surface area contributed by atoms with Crippen molar-refractivity contribution in [3.05, 3.63) is 47.3 Å². The Morgan fingerprint density at radius 2 is 1.96 bits per heavy atom. The number of halogens is 1. The summed E-state index contributed by atoms with van der Waals surface area (Å²) >= 11 is 7.59. The SMILES string of the molecule is COc1cc2nc(N)c(-c3csc4ccccc34)nc2cc1CCCl. The van der Waals surface area contributed by atoms with Crippen molar-refractivity contribution in [2.45, 2.75) is 6.42 Å². The molecule has 0 amide bonds. The predicted molar refractivity (Wildman–Crippen MR) is 106 cm³/mol. The third kappa shape index (κ3) is 2.79. The lowest BCUT2D eigenvalue weighted by Crippen LogP contribution is -2.00. The van der Waals surface area contributed by atoms with E-state index in [0.717, 1.165) is 33.3 Å². The number of aromatic nitrogens is 2. The molecule has 0 saturated heterocycles. The van der Waals surface area contributed by atoms with Gasteiger partial charge in [0.25, 0.3) is 0 Å². The number of nitrogens with two attached hydrogens (primary N) is 1. The molecule has 0 aliphatic carbocycles. The van der Waals surface area contributed by atoms with Crippen molar-refractivity contribution in [2.75, 3.05) is 18.7 Å². The first kappa shape index (κ1) is 16.1. The summed E-state index contributed by atoms with van der Waals surface area (Å²) < 4.78 is 6.65. The van der Waals surface area contributed by atoms with Crippen molar-refractivity contribution in [3.63, 3.8) is 0 Å². The molecule has 4 aromatic rings. The van der Waals surface area contributed by atoms with Gasteiger partial charge < -0.3 is 10.5 Å². The number of rotatable bonds is 4. The van der Waals surface area contributed by atoms with E-state index in [9.17, 15) is 0 Å². The van der Waals surface area contributed by atoms with E-state index in [1.54, 1.807) is 18.4 Å². The molecule has 6 heteroatoms. The molecule has 0 aliphatic rings. The minimum Gasteiger partial charge on any atom is -0.496 e. The molecule has 0 spiro atoms. The minimum absolute atomic E-state index is 0.420. The summed E-state index contributed by atoms with van der Waals surface area (Å²) in [7, 11) is 1.64. The van der Waals surface area contributed by atoms with Crippen LogP contribution in [0, 0.1) is 0 Å². The van der Waals surface area contributed by atoms with Crippen LogP contribution < -0.4 is 10.5 Å². The highest BCUT2D eigenvalue weighted by Gasteiger charge is 2.15. The smallest absolute Gasteiger partial charge is 0.150 e. The van der Waals surface area contributed by atoms with E-state index in [0.29, 0.717) is 23.8 Å².